The van der Waals surface area contributed by atoms with Crippen LogP contribution >= 0.6 is 0 Å². The molecular weight excluding hydrogens is 228 g/mol. The Labute approximate surface area is 109 Å². The molecule has 1 rings (SSSR count). The van der Waals surface area contributed by atoms with Crippen LogP contribution in [-0.2, 0) is 11.3 Å². The smallest absolute Gasteiger partial charge is 0.184 e. The standard InChI is InChI=1S/C14H20N2O2/c1-3-13(10-15)18-14-6-4-12(5-7-14)11-16-8-9-17-2/h4-7,13,16H,3,8-9,11H2,1-2H3. The van der Waals surface area contributed by atoms with Crippen molar-refractivity contribution in [3.8, 4) is 11.8 Å². The van der Waals surface area contributed by atoms with Crippen molar-refractivity contribution in [3.63, 3.8) is 0 Å². The van der Waals surface area contributed by atoms with Crippen molar-refractivity contribution < 1.29 is 9.47 Å². The van der Waals surface area contributed by atoms with Crippen LogP contribution in [0.4, 0.5) is 0 Å². The highest BCUT2D eigenvalue weighted by atomic mass is 16.5. The molecule has 1 atom stereocenters. The van der Waals surface area contributed by atoms with Gasteiger partial charge in [0.1, 0.15) is 11.8 Å². The van der Waals surface area contributed by atoms with Crippen molar-refractivity contribution in [1.29, 1.82) is 5.26 Å². The van der Waals surface area contributed by atoms with Crippen LogP contribution in [0.3, 0.4) is 0 Å². The van der Waals surface area contributed by atoms with Crippen molar-refractivity contribution in [2.75, 3.05) is 20.3 Å². The largest absolute Gasteiger partial charge is 0.476 e. The number of nitrogens with one attached hydrogen (secondary N) is 1. The van der Waals surface area contributed by atoms with E-state index in [-0.39, 0.29) is 6.10 Å². The fourth-order valence-corrected chi connectivity index (χ4v) is 1.46. The summed E-state index contributed by atoms with van der Waals surface area (Å²) in [5, 5.41) is 12.1. The number of ether oxygens (including phenoxy) is 2. The Morgan fingerprint density at radius 1 is 1.33 bits per heavy atom. The van der Waals surface area contributed by atoms with Gasteiger partial charge in [-0.1, -0.05) is 19.1 Å². The lowest BCUT2D eigenvalue weighted by atomic mass is 10.2. The van der Waals surface area contributed by atoms with Crippen molar-refractivity contribution >= 4 is 0 Å². The minimum Gasteiger partial charge on any atom is -0.476 e. The van der Waals surface area contributed by atoms with Gasteiger partial charge in [0, 0.05) is 20.2 Å². The summed E-state index contributed by atoms with van der Waals surface area (Å²) < 4.78 is 10.5. The Bertz CT molecular complexity index is 370. The third-order valence-electron chi connectivity index (χ3n) is 2.53. The molecule has 0 saturated carbocycles. The van der Waals surface area contributed by atoms with Crippen LogP contribution in [0.15, 0.2) is 24.3 Å². The summed E-state index contributed by atoms with van der Waals surface area (Å²) in [6, 6.07) is 9.91. The zero-order chi connectivity index (χ0) is 13.2. The van der Waals surface area contributed by atoms with E-state index >= 15 is 0 Å². The number of hydrogen-bond acceptors (Lipinski definition) is 4. The second-order valence-electron chi connectivity index (χ2n) is 3.96. The highest BCUT2D eigenvalue weighted by Crippen LogP contribution is 2.14. The van der Waals surface area contributed by atoms with Crippen molar-refractivity contribution in [2.24, 2.45) is 0 Å². The molecule has 1 aromatic carbocycles. The van der Waals surface area contributed by atoms with Crippen molar-refractivity contribution in [2.45, 2.75) is 26.0 Å². The lowest BCUT2D eigenvalue weighted by molar-refractivity contribution is 0.199. The molecule has 0 aliphatic carbocycles. The monoisotopic (exact) mass is 248 g/mol. The molecule has 0 radical (unpaired) electrons. The van der Waals surface area contributed by atoms with Gasteiger partial charge in [-0.15, -0.1) is 0 Å². The van der Waals surface area contributed by atoms with Gasteiger partial charge in [-0.25, -0.2) is 0 Å². The molecule has 0 aromatic heterocycles. The molecule has 1 N–H and O–H groups in total. The van der Waals surface area contributed by atoms with Gasteiger partial charge in [-0.05, 0) is 24.1 Å². The first-order valence-electron chi connectivity index (χ1n) is 6.15. The highest BCUT2D eigenvalue weighted by molar-refractivity contribution is 5.27. The minimum absolute atomic E-state index is 0.365. The van der Waals surface area contributed by atoms with E-state index in [1.807, 2.05) is 31.2 Å². The normalized spacial score (nSPS) is 11.8. The van der Waals surface area contributed by atoms with E-state index < -0.39 is 0 Å². The maximum absolute atomic E-state index is 8.81. The molecular formula is C14H20N2O2. The van der Waals surface area contributed by atoms with Crippen LogP contribution < -0.4 is 10.1 Å². The molecule has 0 saturated heterocycles. The lowest BCUT2D eigenvalue weighted by Crippen LogP contribution is -2.18. The molecule has 1 aromatic rings. The molecule has 4 heteroatoms. The molecule has 0 aliphatic rings. The van der Waals surface area contributed by atoms with Crippen LogP contribution in [0.1, 0.15) is 18.9 Å². The number of nitriles is 1. The molecule has 0 amide bonds. The van der Waals surface area contributed by atoms with E-state index in [0.717, 1.165) is 18.8 Å². The summed E-state index contributed by atoms with van der Waals surface area (Å²) in [6.07, 6.45) is 0.326. The maximum atomic E-state index is 8.81. The van der Waals surface area contributed by atoms with Gasteiger partial charge in [0.05, 0.1) is 6.61 Å². The zero-order valence-corrected chi connectivity index (χ0v) is 11.0. The second kappa shape index (κ2) is 8.51. The third kappa shape index (κ3) is 5.17. The fourth-order valence-electron chi connectivity index (χ4n) is 1.46. The average Bonchev–Trinajstić information content (AvgIpc) is 2.42. The third-order valence-corrected chi connectivity index (χ3v) is 2.53. The van der Waals surface area contributed by atoms with E-state index in [1.54, 1.807) is 7.11 Å². The molecule has 0 heterocycles. The van der Waals surface area contributed by atoms with Gasteiger partial charge in [-0.2, -0.15) is 5.26 Å². The molecule has 0 fully saturated rings. The summed E-state index contributed by atoms with van der Waals surface area (Å²) in [6.45, 7) is 4.28. The number of methoxy groups -OCH3 is 1. The Hall–Kier alpha value is -1.57. The first kappa shape index (κ1) is 14.5. The topological polar surface area (TPSA) is 54.3 Å². The number of benzene rings is 1. The van der Waals surface area contributed by atoms with Crippen LogP contribution in [0.2, 0.25) is 0 Å². The van der Waals surface area contributed by atoms with Gasteiger partial charge < -0.3 is 14.8 Å². The summed E-state index contributed by atoms with van der Waals surface area (Å²) in [5.41, 5.74) is 1.18. The van der Waals surface area contributed by atoms with E-state index in [0.29, 0.717) is 13.0 Å². The Morgan fingerprint density at radius 2 is 2.06 bits per heavy atom. The molecule has 18 heavy (non-hydrogen) atoms. The van der Waals surface area contributed by atoms with Crippen LogP contribution in [-0.4, -0.2) is 26.4 Å². The van der Waals surface area contributed by atoms with Gasteiger partial charge in [0.15, 0.2) is 6.10 Å². The first-order chi connectivity index (χ1) is 8.80. The molecule has 1 unspecified atom stereocenters. The fraction of sp³-hybridized carbons (Fsp3) is 0.500. The van der Waals surface area contributed by atoms with E-state index in [9.17, 15) is 0 Å². The number of rotatable bonds is 8. The van der Waals surface area contributed by atoms with Crippen LogP contribution in [0, 0.1) is 11.3 Å². The highest BCUT2D eigenvalue weighted by Gasteiger charge is 2.05. The van der Waals surface area contributed by atoms with Crippen molar-refractivity contribution in [1.82, 2.24) is 5.32 Å². The summed E-state index contributed by atoms with van der Waals surface area (Å²) in [5.74, 6) is 0.740. The van der Waals surface area contributed by atoms with Crippen LogP contribution in [0.5, 0.6) is 5.75 Å². The Balaban J connectivity index is 2.40. The summed E-state index contributed by atoms with van der Waals surface area (Å²) in [7, 11) is 1.69. The maximum Gasteiger partial charge on any atom is 0.184 e. The van der Waals surface area contributed by atoms with Gasteiger partial charge in [0.25, 0.3) is 0 Å². The molecule has 0 spiro atoms. The average molecular weight is 248 g/mol. The lowest BCUT2D eigenvalue weighted by Gasteiger charge is -2.11. The summed E-state index contributed by atoms with van der Waals surface area (Å²) in [4.78, 5) is 0. The van der Waals surface area contributed by atoms with Gasteiger partial charge in [-0.3, -0.25) is 0 Å². The predicted molar refractivity (Wildman–Crippen MR) is 70.3 cm³/mol. The van der Waals surface area contributed by atoms with E-state index in [1.165, 1.54) is 5.56 Å². The molecule has 0 aliphatic heterocycles. The minimum atomic E-state index is -0.365. The SMILES string of the molecule is CCC(C#N)Oc1ccc(CNCCOC)cc1. The number of hydrogen-bond donors (Lipinski definition) is 1. The van der Waals surface area contributed by atoms with E-state index in [4.69, 9.17) is 14.7 Å². The molecule has 98 valence electrons. The summed E-state index contributed by atoms with van der Waals surface area (Å²) >= 11 is 0. The predicted octanol–water partition coefficient (Wildman–Crippen LogP) is 2.10. The zero-order valence-electron chi connectivity index (χ0n) is 11.0. The molecule has 0 bridgehead atoms. The Kier molecular flexibility index (Phi) is 6.85. The van der Waals surface area contributed by atoms with Gasteiger partial charge >= 0.3 is 0 Å². The molecule has 4 nitrogen and oxygen atoms in total. The quantitative estimate of drug-likeness (QED) is 0.716. The van der Waals surface area contributed by atoms with Crippen LogP contribution in [0.25, 0.3) is 0 Å². The van der Waals surface area contributed by atoms with E-state index in [2.05, 4.69) is 11.4 Å². The Morgan fingerprint density at radius 3 is 2.61 bits per heavy atom. The van der Waals surface area contributed by atoms with Crippen molar-refractivity contribution in [3.05, 3.63) is 29.8 Å². The second-order valence-corrected chi connectivity index (χ2v) is 3.96. The first-order valence-corrected chi connectivity index (χ1v) is 6.15. The number of nitrogens with zero attached hydrogens (tertiary/aromatic N) is 1. The van der Waals surface area contributed by atoms with Gasteiger partial charge in [0.2, 0.25) is 0 Å².